The largest absolute Gasteiger partial charge is 0.463 e. The lowest BCUT2D eigenvalue weighted by Crippen LogP contribution is -2.28. The van der Waals surface area contributed by atoms with Gasteiger partial charge >= 0.3 is 0 Å². The van der Waals surface area contributed by atoms with Gasteiger partial charge in [-0.3, -0.25) is 9.59 Å². The molecule has 0 aliphatic carbocycles. The summed E-state index contributed by atoms with van der Waals surface area (Å²) >= 11 is 7.20. The van der Waals surface area contributed by atoms with Crippen LogP contribution in [0, 0.1) is 6.92 Å². The van der Waals surface area contributed by atoms with E-state index in [1.54, 1.807) is 24.3 Å². The van der Waals surface area contributed by atoms with Crippen molar-refractivity contribution in [1.29, 1.82) is 0 Å². The molecule has 1 atom stereocenters. The molecule has 3 rings (SSSR count). The summed E-state index contributed by atoms with van der Waals surface area (Å²) in [5.41, 5.74) is 1.51. The highest BCUT2D eigenvalue weighted by Crippen LogP contribution is 2.24. The van der Waals surface area contributed by atoms with Crippen LogP contribution in [0.15, 0.2) is 51.2 Å². The van der Waals surface area contributed by atoms with Crippen molar-refractivity contribution in [3.63, 3.8) is 0 Å². The number of aryl methyl sites for hydroxylation is 1. The third-order valence-electron chi connectivity index (χ3n) is 3.48. The number of halogens is 1. The highest BCUT2D eigenvalue weighted by atomic mass is 35.5. The van der Waals surface area contributed by atoms with Crippen LogP contribution in [0.2, 0.25) is 5.02 Å². The van der Waals surface area contributed by atoms with E-state index in [-0.39, 0.29) is 18.2 Å². The van der Waals surface area contributed by atoms with E-state index in [0.717, 1.165) is 17.3 Å². The van der Waals surface area contributed by atoms with Crippen LogP contribution < -0.4 is 10.6 Å². The van der Waals surface area contributed by atoms with Crippen molar-refractivity contribution < 1.29 is 14.0 Å². The summed E-state index contributed by atoms with van der Waals surface area (Å²) < 4.78 is 5.09. The lowest BCUT2D eigenvalue weighted by molar-refractivity contribution is -0.122. The molecule has 134 valence electrons. The number of hydrogen-bond donors (Lipinski definition) is 2. The fourth-order valence-corrected chi connectivity index (χ4v) is 3.25. The molecule has 1 aliphatic rings. The van der Waals surface area contributed by atoms with Gasteiger partial charge in [-0.2, -0.15) is 5.10 Å². The predicted molar refractivity (Wildman–Crippen MR) is 103 cm³/mol. The first-order chi connectivity index (χ1) is 12.5. The number of amidine groups is 1. The molecule has 2 amide bonds. The Bertz CT molecular complexity index is 880. The fourth-order valence-electron chi connectivity index (χ4n) is 2.14. The number of rotatable bonds is 5. The van der Waals surface area contributed by atoms with E-state index in [2.05, 4.69) is 20.8 Å². The maximum atomic E-state index is 12.2. The van der Waals surface area contributed by atoms with E-state index in [9.17, 15) is 9.59 Å². The molecule has 26 heavy (non-hydrogen) atoms. The van der Waals surface area contributed by atoms with E-state index in [1.807, 2.05) is 13.0 Å². The van der Waals surface area contributed by atoms with Crippen molar-refractivity contribution in [3.8, 4) is 0 Å². The molecule has 0 saturated carbocycles. The van der Waals surface area contributed by atoms with Crippen molar-refractivity contribution in [2.24, 2.45) is 10.2 Å². The summed E-state index contributed by atoms with van der Waals surface area (Å²) in [6.45, 7) is 1.88. The average molecular weight is 391 g/mol. The Balaban J connectivity index is 1.55. The Labute approximate surface area is 158 Å². The Morgan fingerprint density at radius 2 is 2.31 bits per heavy atom. The number of hydrogen-bond acceptors (Lipinski definition) is 6. The first-order valence-electron chi connectivity index (χ1n) is 7.69. The summed E-state index contributed by atoms with van der Waals surface area (Å²) in [6.07, 6.45) is 2.97. The number of benzene rings is 1. The van der Waals surface area contributed by atoms with Crippen LogP contribution in [0.5, 0.6) is 0 Å². The van der Waals surface area contributed by atoms with Crippen LogP contribution >= 0.6 is 23.4 Å². The Kier molecular flexibility index (Phi) is 5.75. The van der Waals surface area contributed by atoms with Gasteiger partial charge in [-0.15, -0.1) is 5.10 Å². The quantitative estimate of drug-likeness (QED) is 0.605. The van der Waals surface area contributed by atoms with E-state index in [0.29, 0.717) is 21.6 Å². The van der Waals surface area contributed by atoms with Crippen LogP contribution in [-0.2, 0) is 9.59 Å². The summed E-state index contributed by atoms with van der Waals surface area (Å²) in [7, 11) is 0. The molecule has 2 N–H and O–H groups in total. The zero-order valence-electron chi connectivity index (χ0n) is 13.7. The zero-order chi connectivity index (χ0) is 18.5. The molecule has 1 aliphatic heterocycles. The Hall–Kier alpha value is -2.58. The number of furan rings is 1. The standard InChI is InChI=1S/C17H15ClN4O3S/c1-10-4-5-11(7-13(10)18)20-15(23)8-14-16(24)21-17(26-14)22-19-9-12-3-2-6-25-12/h2-7,9,14H,8H2,1H3,(H,20,23)(H,21,22,24)/b19-9+/t14-/m0/s1. The Morgan fingerprint density at radius 1 is 1.46 bits per heavy atom. The number of anilines is 1. The van der Waals surface area contributed by atoms with Gasteiger partial charge < -0.3 is 15.1 Å². The molecule has 7 nitrogen and oxygen atoms in total. The molecule has 1 fully saturated rings. The van der Waals surface area contributed by atoms with E-state index >= 15 is 0 Å². The SMILES string of the molecule is Cc1ccc(NC(=O)C[C@@H]2S/C(=N/N=C/c3ccco3)NC2=O)cc1Cl. The first-order valence-corrected chi connectivity index (χ1v) is 8.95. The number of thioether (sulfide) groups is 1. The minimum atomic E-state index is -0.562. The number of nitrogens with zero attached hydrogens (tertiary/aromatic N) is 2. The number of nitrogens with one attached hydrogen (secondary N) is 2. The molecule has 2 aromatic rings. The third kappa shape index (κ3) is 4.74. The zero-order valence-corrected chi connectivity index (χ0v) is 15.3. The van der Waals surface area contributed by atoms with Gasteiger partial charge in [0.2, 0.25) is 11.8 Å². The van der Waals surface area contributed by atoms with Gasteiger partial charge in [-0.05, 0) is 36.8 Å². The van der Waals surface area contributed by atoms with Gasteiger partial charge in [0.25, 0.3) is 0 Å². The second-order valence-corrected chi connectivity index (χ2v) is 7.08. The minimum Gasteiger partial charge on any atom is -0.463 e. The molecule has 1 aromatic carbocycles. The van der Waals surface area contributed by atoms with Gasteiger partial charge in [0.15, 0.2) is 5.17 Å². The van der Waals surface area contributed by atoms with Crippen LogP contribution in [0.4, 0.5) is 5.69 Å². The molecule has 2 heterocycles. The van der Waals surface area contributed by atoms with Crippen molar-refractivity contribution in [2.75, 3.05) is 5.32 Å². The predicted octanol–water partition coefficient (Wildman–Crippen LogP) is 3.19. The van der Waals surface area contributed by atoms with Gasteiger partial charge in [0, 0.05) is 17.1 Å². The monoisotopic (exact) mass is 390 g/mol. The normalized spacial score (nSPS) is 18.5. The van der Waals surface area contributed by atoms with Gasteiger partial charge in [0.05, 0.1) is 12.5 Å². The maximum Gasteiger partial charge on any atom is 0.240 e. The van der Waals surface area contributed by atoms with E-state index < -0.39 is 5.25 Å². The molecule has 0 bridgehead atoms. The summed E-state index contributed by atoms with van der Waals surface area (Å²) in [6, 6.07) is 8.71. The third-order valence-corrected chi connectivity index (χ3v) is 4.96. The molecule has 1 aromatic heterocycles. The highest BCUT2D eigenvalue weighted by Gasteiger charge is 2.32. The van der Waals surface area contributed by atoms with E-state index in [4.69, 9.17) is 16.0 Å². The molecule has 9 heteroatoms. The summed E-state index contributed by atoms with van der Waals surface area (Å²) in [5.74, 6) is -0.00620. The number of amides is 2. The van der Waals surface area contributed by atoms with Gasteiger partial charge in [-0.1, -0.05) is 29.4 Å². The first kappa shape index (κ1) is 18.2. The lowest BCUT2D eigenvalue weighted by Gasteiger charge is -2.08. The van der Waals surface area contributed by atoms with Gasteiger partial charge in [0.1, 0.15) is 11.0 Å². The molecule has 1 saturated heterocycles. The van der Waals surface area contributed by atoms with Crippen molar-refractivity contribution >= 4 is 52.2 Å². The number of carbonyl (C=O) groups excluding carboxylic acids is 2. The minimum absolute atomic E-state index is 0.0168. The molecular formula is C17H15ClN4O3S. The van der Waals surface area contributed by atoms with Crippen LogP contribution in [-0.4, -0.2) is 28.4 Å². The average Bonchev–Trinajstić information content (AvgIpc) is 3.22. The summed E-state index contributed by atoms with van der Waals surface area (Å²) in [4.78, 5) is 24.1. The molecule has 0 spiro atoms. The second-order valence-electron chi connectivity index (χ2n) is 5.48. The van der Waals surface area contributed by atoms with Crippen molar-refractivity contribution in [2.45, 2.75) is 18.6 Å². The van der Waals surface area contributed by atoms with Crippen LogP contribution in [0.3, 0.4) is 0 Å². The van der Waals surface area contributed by atoms with Crippen LogP contribution in [0.1, 0.15) is 17.7 Å². The molecule has 0 radical (unpaired) electrons. The van der Waals surface area contributed by atoms with Crippen molar-refractivity contribution in [1.82, 2.24) is 5.32 Å². The highest BCUT2D eigenvalue weighted by molar-refractivity contribution is 8.15. The van der Waals surface area contributed by atoms with Crippen molar-refractivity contribution in [3.05, 3.63) is 52.9 Å². The molecule has 0 unspecified atom stereocenters. The topological polar surface area (TPSA) is 96.1 Å². The van der Waals surface area contributed by atoms with Crippen LogP contribution in [0.25, 0.3) is 0 Å². The summed E-state index contributed by atoms with van der Waals surface area (Å²) in [5, 5.41) is 13.5. The fraction of sp³-hybridized carbons (Fsp3) is 0.176. The maximum absolute atomic E-state index is 12.2. The lowest BCUT2D eigenvalue weighted by atomic mass is 10.2. The van der Waals surface area contributed by atoms with Gasteiger partial charge in [-0.25, -0.2) is 0 Å². The second kappa shape index (κ2) is 8.20. The number of carbonyl (C=O) groups is 2. The molecular weight excluding hydrogens is 376 g/mol. The van der Waals surface area contributed by atoms with E-state index in [1.165, 1.54) is 12.5 Å². The smallest absolute Gasteiger partial charge is 0.240 e. The Morgan fingerprint density at radius 3 is 3.04 bits per heavy atom.